The Morgan fingerprint density at radius 1 is 1.07 bits per heavy atom. The molecule has 0 spiro atoms. The minimum atomic E-state index is -0.393. The maximum absolute atomic E-state index is 13.1. The van der Waals surface area contributed by atoms with Gasteiger partial charge in [-0.25, -0.2) is 0 Å². The van der Waals surface area contributed by atoms with Crippen LogP contribution in [-0.4, -0.2) is 33.2 Å². The van der Waals surface area contributed by atoms with Crippen LogP contribution in [0.4, 0.5) is 5.69 Å². The minimum Gasteiger partial charge on any atom is -0.497 e. The van der Waals surface area contributed by atoms with Gasteiger partial charge in [0.05, 0.1) is 13.4 Å². The Balaban J connectivity index is 1.72. The van der Waals surface area contributed by atoms with Crippen LogP contribution in [0, 0.1) is 0 Å². The molecule has 2 aromatic heterocycles. The Labute approximate surface area is 166 Å². The van der Waals surface area contributed by atoms with Gasteiger partial charge in [-0.2, -0.15) is 4.68 Å². The monoisotopic (exact) mass is 387 g/mol. The molecule has 1 amide bonds. The Hall–Kier alpha value is -4.20. The number of tetrazole rings is 1. The molecular formula is C21H17N5O3. The highest BCUT2D eigenvalue weighted by atomic mass is 16.5. The van der Waals surface area contributed by atoms with Crippen LogP contribution < -0.4 is 10.1 Å². The van der Waals surface area contributed by atoms with Gasteiger partial charge in [0.2, 0.25) is 0 Å². The number of ether oxygens (including phenoxy) is 1. The van der Waals surface area contributed by atoms with E-state index in [-0.39, 0.29) is 5.70 Å². The van der Waals surface area contributed by atoms with Crippen LogP contribution in [0.3, 0.4) is 0 Å². The van der Waals surface area contributed by atoms with Crippen LogP contribution in [0.2, 0.25) is 0 Å². The lowest BCUT2D eigenvalue weighted by molar-refractivity contribution is -0.111. The van der Waals surface area contributed by atoms with Gasteiger partial charge in [-0.3, -0.25) is 4.79 Å². The van der Waals surface area contributed by atoms with Crippen LogP contribution in [-0.2, 0) is 4.79 Å². The molecule has 144 valence electrons. The predicted octanol–water partition coefficient (Wildman–Crippen LogP) is 3.58. The van der Waals surface area contributed by atoms with Crippen molar-refractivity contribution in [3.05, 3.63) is 78.8 Å². The molecule has 0 aliphatic heterocycles. The summed E-state index contributed by atoms with van der Waals surface area (Å²) in [5, 5.41) is 14.7. The fourth-order valence-corrected chi connectivity index (χ4v) is 2.72. The first-order valence-electron chi connectivity index (χ1n) is 8.79. The molecule has 2 aromatic carbocycles. The van der Waals surface area contributed by atoms with Crippen molar-refractivity contribution in [1.82, 2.24) is 20.2 Å². The standard InChI is InChI=1S/C21H17N5O3/c1-28-17-11-9-16(10-12-17)22-21(27)19(14-18-8-5-13-29-18)26-20(23-24-25-26)15-6-3-2-4-7-15/h2-14H,1H3,(H,22,27)/b19-14-. The second-order valence-electron chi connectivity index (χ2n) is 6.01. The van der Waals surface area contributed by atoms with Gasteiger partial charge in [0, 0.05) is 17.3 Å². The summed E-state index contributed by atoms with van der Waals surface area (Å²) in [6, 6.07) is 19.9. The van der Waals surface area contributed by atoms with Crippen molar-refractivity contribution in [2.24, 2.45) is 0 Å². The largest absolute Gasteiger partial charge is 0.497 e. The number of aromatic nitrogens is 4. The number of hydrogen-bond donors (Lipinski definition) is 1. The van der Waals surface area contributed by atoms with Crippen molar-refractivity contribution in [2.75, 3.05) is 12.4 Å². The Morgan fingerprint density at radius 2 is 1.86 bits per heavy atom. The van der Waals surface area contributed by atoms with Crippen molar-refractivity contribution >= 4 is 23.4 Å². The van der Waals surface area contributed by atoms with E-state index in [1.165, 1.54) is 10.9 Å². The second kappa shape index (κ2) is 8.22. The number of carbonyl (C=O) groups excluding carboxylic acids is 1. The number of anilines is 1. The zero-order valence-electron chi connectivity index (χ0n) is 15.5. The van der Waals surface area contributed by atoms with E-state index in [4.69, 9.17) is 9.15 Å². The second-order valence-corrected chi connectivity index (χ2v) is 6.01. The molecule has 2 heterocycles. The van der Waals surface area contributed by atoms with Crippen LogP contribution in [0.15, 0.2) is 77.4 Å². The third-order valence-corrected chi connectivity index (χ3v) is 4.13. The highest BCUT2D eigenvalue weighted by molar-refractivity contribution is 6.24. The van der Waals surface area contributed by atoms with Gasteiger partial charge in [-0.05, 0) is 46.8 Å². The summed E-state index contributed by atoms with van der Waals surface area (Å²) in [7, 11) is 1.58. The maximum Gasteiger partial charge on any atom is 0.274 e. The SMILES string of the molecule is COc1ccc(NC(=O)/C(=C/c2ccco2)n2nnnc2-c2ccccc2)cc1. The number of nitrogens with zero attached hydrogens (tertiary/aromatic N) is 4. The van der Waals surface area contributed by atoms with Gasteiger partial charge >= 0.3 is 0 Å². The molecule has 0 aliphatic rings. The van der Waals surface area contributed by atoms with Gasteiger partial charge < -0.3 is 14.5 Å². The van der Waals surface area contributed by atoms with Gasteiger partial charge in [0.25, 0.3) is 5.91 Å². The van der Waals surface area contributed by atoms with Gasteiger partial charge in [0.15, 0.2) is 5.82 Å². The molecule has 0 saturated heterocycles. The number of amides is 1. The molecule has 0 bridgehead atoms. The number of nitrogens with one attached hydrogen (secondary N) is 1. The highest BCUT2D eigenvalue weighted by Gasteiger charge is 2.20. The minimum absolute atomic E-state index is 0.208. The zero-order chi connectivity index (χ0) is 20.1. The lowest BCUT2D eigenvalue weighted by Gasteiger charge is -2.11. The Bertz CT molecular complexity index is 1120. The van der Waals surface area contributed by atoms with E-state index in [2.05, 4.69) is 20.8 Å². The molecular weight excluding hydrogens is 370 g/mol. The number of methoxy groups -OCH3 is 1. The van der Waals surface area contributed by atoms with Crippen molar-refractivity contribution in [2.45, 2.75) is 0 Å². The number of hydrogen-bond acceptors (Lipinski definition) is 6. The molecule has 8 heteroatoms. The maximum atomic E-state index is 13.1. The smallest absolute Gasteiger partial charge is 0.274 e. The first-order chi connectivity index (χ1) is 14.2. The van der Waals surface area contributed by atoms with E-state index >= 15 is 0 Å². The number of furan rings is 1. The van der Waals surface area contributed by atoms with Crippen molar-refractivity contribution in [1.29, 1.82) is 0 Å². The summed E-state index contributed by atoms with van der Waals surface area (Å²) >= 11 is 0. The fraction of sp³-hybridized carbons (Fsp3) is 0.0476. The van der Waals surface area contributed by atoms with Crippen molar-refractivity contribution in [3.63, 3.8) is 0 Å². The lowest BCUT2D eigenvalue weighted by atomic mass is 10.2. The first-order valence-corrected chi connectivity index (χ1v) is 8.79. The zero-order valence-corrected chi connectivity index (χ0v) is 15.5. The normalized spacial score (nSPS) is 11.3. The fourth-order valence-electron chi connectivity index (χ4n) is 2.72. The number of rotatable bonds is 6. The topological polar surface area (TPSA) is 95.1 Å². The molecule has 4 aromatic rings. The first kappa shape index (κ1) is 18.2. The molecule has 0 atom stereocenters. The molecule has 29 heavy (non-hydrogen) atoms. The Morgan fingerprint density at radius 3 is 2.55 bits per heavy atom. The molecule has 0 fully saturated rings. The van der Waals surface area contributed by atoms with Crippen molar-refractivity contribution < 1.29 is 13.9 Å². The van der Waals surface area contributed by atoms with E-state index in [1.54, 1.807) is 49.6 Å². The molecule has 4 rings (SSSR count). The van der Waals surface area contributed by atoms with E-state index in [9.17, 15) is 4.79 Å². The van der Waals surface area contributed by atoms with Gasteiger partial charge in [-0.15, -0.1) is 5.10 Å². The van der Waals surface area contributed by atoms with E-state index in [1.807, 2.05) is 30.3 Å². The number of benzene rings is 2. The molecule has 0 unspecified atom stereocenters. The number of carbonyl (C=O) groups is 1. The summed E-state index contributed by atoms with van der Waals surface area (Å²) in [5.41, 5.74) is 1.59. The molecule has 0 saturated carbocycles. The lowest BCUT2D eigenvalue weighted by Crippen LogP contribution is -2.19. The average molecular weight is 387 g/mol. The highest BCUT2D eigenvalue weighted by Crippen LogP contribution is 2.22. The third-order valence-electron chi connectivity index (χ3n) is 4.13. The summed E-state index contributed by atoms with van der Waals surface area (Å²) in [6.45, 7) is 0. The summed E-state index contributed by atoms with van der Waals surface area (Å²) in [5.74, 6) is 1.24. The Kier molecular flexibility index (Phi) is 5.15. The van der Waals surface area contributed by atoms with Crippen molar-refractivity contribution in [3.8, 4) is 17.1 Å². The molecule has 1 N–H and O–H groups in total. The average Bonchev–Trinajstić information content (AvgIpc) is 3.45. The molecule has 0 radical (unpaired) electrons. The predicted molar refractivity (Wildman–Crippen MR) is 108 cm³/mol. The summed E-state index contributed by atoms with van der Waals surface area (Å²) in [6.07, 6.45) is 3.12. The van der Waals surface area contributed by atoms with Crippen LogP contribution >= 0.6 is 0 Å². The van der Waals surface area contributed by atoms with Gasteiger partial charge in [-0.1, -0.05) is 30.3 Å². The summed E-state index contributed by atoms with van der Waals surface area (Å²) in [4.78, 5) is 13.1. The van der Waals surface area contributed by atoms with E-state index in [0.29, 0.717) is 23.0 Å². The summed E-state index contributed by atoms with van der Waals surface area (Å²) < 4.78 is 11.9. The quantitative estimate of drug-likeness (QED) is 0.508. The van der Waals surface area contributed by atoms with Gasteiger partial charge in [0.1, 0.15) is 17.2 Å². The van der Waals surface area contributed by atoms with Crippen LogP contribution in [0.5, 0.6) is 5.75 Å². The van der Waals surface area contributed by atoms with Crippen LogP contribution in [0.25, 0.3) is 23.2 Å². The van der Waals surface area contributed by atoms with E-state index < -0.39 is 5.91 Å². The molecule has 8 nitrogen and oxygen atoms in total. The van der Waals surface area contributed by atoms with E-state index in [0.717, 1.165) is 5.56 Å². The van der Waals surface area contributed by atoms with Crippen LogP contribution in [0.1, 0.15) is 5.76 Å². The third kappa shape index (κ3) is 4.06. The molecule has 0 aliphatic carbocycles.